The van der Waals surface area contributed by atoms with Crippen LogP contribution in [0.15, 0.2) is 4.99 Å². The number of aliphatic imine (C=N–C) groups is 1. The van der Waals surface area contributed by atoms with Crippen molar-refractivity contribution in [1.29, 1.82) is 0 Å². The van der Waals surface area contributed by atoms with Gasteiger partial charge >= 0.3 is 0 Å². The lowest BCUT2D eigenvalue weighted by molar-refractivity contribution is 0.208. The number of hydrogen-bond donors (Lipinski definition) is 2. The summed E-state index contributed by atoms with van der Waals surface area (Å²) < 4.78 is 4.71. The molecule has 0 saturated heterocycles. The molecule has 4 heteroatoms. The highest BCUT2D eigenvalue weighted by molar-refractivity contribution is 5.52. The number of nitrogens with one attached hydrogen (secondary N) is 1. The number of nitrogens with zero attached hydrogens (tertiary/aromatic N) is 1. The van der Waals surface area contributed by atoms with Gasteiger partial charge in [-0.1, -0.05) is 0 Å². The van der Waals surface area contributed by atoms with E-state index in [2.05, 4.69) is 10.4 Å². The van der Waals surface area contributed by atoms with E-state index in [0.29, 0.717) is 13.2 Å². The Morgan fingerprint density at radius 3 is 3.12 bits per heavy atom. The number of hydrogen-bond acceptors (Lipinski definition) is 3. The lowest BCUT2D eigenvalue weighted by atomic mass is 10.7. The summed E-state index contributed by atoms with van der Waals surface area (Å²) >= 11 is 0. The van der Waals surface area contributed by atoms with E-state index in [9.17, 15) is 0 Å². The fourth-order valence-electron chi connectivity index (χ4n) is 0.261. The van der Waals surface area contributed by atoms with Crippen molar-refractivity contribution in [2.24, 2.45) is 10.8 Å². The first kappa shape index (κ1) is 7.39. The Kier molecular flexibility index (Phi) is 5.90. The van der Waals surface area contributed by atoms with E-state index < -0.39 is 0 Å². The minimum atomic E-state index is 0.637. The van der Waals surface area contributed by atoms with Crippen LogP contribution < -0.4 is 11.3 Å². The third kappa shape index (κ3) is 5.39. The Labute approximate surface area is 48.7 Å². The third-order valence-corrected chi connectivity index (χ3v) is 0.590. The Hall–Kier alpha value is -0.610. The summed E-state index contributed by atoms with van der Waals surface area (Å²) in [6.07, 6.45) is 1.43. The first-order valence-electron chi connectivity index (χ1n) is 2.35. The third-order valence-electron chi connectivity index (χ3n) is 0.590. The van der Waals surface area contributed by atoms with Gasteiger partial charge in [-0.05, 0) is 0 Å². The minimum absolute atomic E-state index is 0.637. The Morgan fingerprint density at radius 1 is 1.88 bits per heavy atom. The predicted octanol–water partition coefficient (Wildman–Crippen LogP) is -0.876. The molecule has 0 amide bonds. The van der Waals surface area contributed by atoms with Gasteiger partial charge in [0, 0.05) is 7.11 Å². The molecule has 0 aromatic rings. The quantitative estimate of drug-likeness (QED) is 0.165. The van der Waals surface area contributed by atoms with E-state index in [1.807, 2.05) is 0 Å². The summed E-state index contributed by atoms with van der Waals surface area (Å²) in [5, 5.41) is 0. The van der Waals surface area contributed by atoms with Crippen molar-refractivity contribution in [2.75, 3.05) is 20.3 Å². The van der Waals surface area contributed by atoms with Gasteiger partial charge in [0.2, 0.25) is 0 Å². The molecular formula is C4H11N3O. The fraction of sp³-hybridized carbons (Fsp3) is 0.750. The van der Waals surface area contributed by atoms with Gasteiger partial charge in [-0.2, -0.15) is 0 Å². The van der Waals surface area contributed by atoms with Gasteiger partial charge in [0.05, 0.1) is 19.5 Å². The zero-order chi connectivity index (χ0) is 6.24. The summed E-state index contributed by atoms with van der Waals surface area (Å²) in [4.78, 5) is 3.79. The number of hydrazine groups is 1. The molecule has 0 unspecified atom stereocenters. The lowest BCUT2D eigenvalue weighted by Gasteiger charge is -1.89. The van der Waals surface area contributed by atoms with Gasteiger partial charge in [-0.25, -0.2) is 5.84 Å². The van der Waals surface area contributed by atoms with E-state index in [0.717, 1.165) is 0 Å². The Morgan fingerprint density at radius 2 is 2.62 bits per heavy atom. The van der Waals surface area contributed by atoms with Crippen molar-refractivity contribution in [3.8, 4) is 0 Å². The molecule has 0 bridgehead atoms. The second kappa shape index (κ2) is 6.39. The van der Waals surface area contributed by atoms with Crippen LogP contribution in [0.5, 0.6) is 0 Å². The van der Waals surface area contributed by atoms with Crippen LogP contribution in [-0.4, -0.2) is 26.6 Å². The Balaban J connectivity index is 2.80. The second-order valence-corrected chi connectivity index (χ2v) is 1.19. The maximum atomic E-state index is 4.87. The molecule has 0 aromatic carbocycles. The van der Waals surface area contributed by atoms with Crippen LogP contribution in [-0.2, 0) is 4.74 Å². The van der Waals surface area contributed by atoms with Crippen molar-refractivity contribution >= 4 is 6.34 Å². The van der Waals surface area contributed by atoms with Gasteiger partial charge in [0.25, 0.3) is 0 Å². The van der Waals surface area contributed by atoms with Crippen molar-refractivity contribution in [3.05, 3.63) is 0 Å². The normalized spacial score (nSPS) is 10.2. The molecule has 0 atom stereocenters. The average molecular weight is 117 g/mol. The molecule has 48 valence electrons. The molecule has 0 heterocycles. The summed E-state index contributed by atoms with van der Waals surface area (Å²) in [5.41, 5.74) is 2.28. The average Bonchev–Trinajstić information content (AvgIpc) is 1.81. The van der Waals surface area contributed by atoms with Crippen molar-refractivity contribution in [1.82, 2.24) is 5.43 Å². The van der Waals surface area contributed by atoms with Crippen molar-refractivity contribution in [2.45, 2.75) is 0 Å². The number of rotatable bonds is 4. The first-order valence-corrected chi connectivity index (χ1v) is 2.35. The van der Waals surface area contributed by atoms with Gasteiger partial charge in [0.15, 0.2) is 0 Å². The molecule has 0 saturated carbocycles. The standard InChI is InChI=1S/C4H11N3O/c1-8-3-2-6-4-7-5/h4H,2-3,5H2,1H3,(H,6,7). The van der Waals surface area contributed by atoms with Crippen LogP contribution in [0.2, 0.25) is 0 Å². The number of ether oxygens (including phenoxy) is 1. The van der Waals surface area contributed by atoms with Crippen molar-refractivity contribution < 1.29 is 4.74 Å². The molecule has 0 aliphatic heterocycles. The lowest BCUT2D eigenvalue weighted by Crippen LogP contribution is -2.19. The molecule has 0 aliphatic carbocycles. The zero-order valence-corrected chi connectivity index (χ0v) is 4.92. The monoisotopic (exact) mass is 117 g/mol. The van der Waals surface area contributed by atoms with Crippen LogP contribution in [0.3, 0.4) is 0 Å². The summed E-state index contributed by atoms with van der Waals surface area (Å²) in [5.74, 6) is 4.87. The molecule has 0 aliphatic rings. The molecule has 0 radical (unpaired) electrons. The topological polar surface area (TPSA) is 59.6 Å². The molecule has 0 rings (SSSR count). The number of methoxy groups -OCH3 is 1. The minimum Gasteiger partial charge on any atom is -0.383 e. The van der Waals surface area contributed by atoms with E-state index in [-0.39, 0.29) is 0 Å². The van der Waals surface area contributed by atoms with Gasteiger partial charge < -0.3 is 10.2 Å². The first-order chi connectivity index (χ1) is 3.91. The van der Waals surface area contributed by atoms with E-state index >= 15 is 0 Å². The molecule has 4 nitrogen and oxygen atoms in total. The molecule has 8 heavy (non-hydrogen) atoms. The van der Waals surface area contributed by atoms with Crippen LogP contribution in [0.1, 0.15) is 0 Å². The van der Waals surface area contributed by atoms with Crippen LogP contribution >= 0.6 is 0 Å². The maximum absolute atomic E-state index is 4.87. The van der Waals surface area contributed by atoms with E-state index in [4.69, 9.17) is 10.6 Å². The zero-order valence-electron chi connectivity index (χ0n) is 4.92. The van der Waals surface area contributed by atoms with Gasteiger partial charge in [0.1, 0.15) is 0 Å². The molecular weight excluding hydrogens is 106 g/mol. The number of nitrogens with two attached hydrogens (primary N) is 1. The highest BCUT2D eigenvalue weighted by atomic mass is 16.5. The Bertz CT molecular complexity index is 64.3. The van der Waals surface area contributed by atoms with Crippen LogP contribution in [0.4, 0.5) is 0 Å². The fourth-order valence-corrected chi connectivity index (χ4v) is 0.261. The maximum Gasteiger partial charge on any atom is 0.0965 e. The largest absolute Gasteiger partial charge is 0.383 e. The SMILES string of the molecule is COCCN=CNN. The second-order valence-electron chi connectivity index (χ2n) is 1.19. The van der Waals surface area contributed by atoms with Crippen LogP contribution in [0, 0.1) is 0 Å². The molecule has 0 spiro atoms. The van der Waals surface area contributed by atoms with Gasteiger partial charge in [-0.3, -0.25) is 4.99 Å². The summed E-state index contributed by atoms with van der Waals surface area (Å²) in [6, 6.07) is 0. The molecule has 3 N–H and O–H groups in total. The van der Waals surface area contributed by atoms with Crippen LogP contribution in [0.25, 0.3) is 0 Å². The van der Waals surface area contributed by atoms with E-state index in [1.165, 1.54) is 6.34 Å². The highest BCUT2D eigenvalue weighted by Crippen LogP contribution is 1.66. The molecule has 0 aromatic heterocycles. The smallest absolute Gasteiger partial charge is 0.0965 e. The summed E-state index contributed by atoms with van der Waals surface area (Å²) in [7, 11) is 1.63. The van der Waals surface area contributed by atoms with E-state index in [1.54, 1.807) is 7.11 Å². The highest BCUT2D eigenvalue weighted by Gasteiger charge is 1.73. The summed E-state index contributed by atoms with van der Waals surface area (Å²) in [6.45, 7) is 1.29. The molecule has 0 fully saturated rings. The predicted molar refractivity (Wildman–Crippen MR) is 32.6 cm³/mol. The van der Waals surface area contributed by atoms with Crippen molar-refractivity contribution in [3.63, 3.8) is 0 Å². The van der Waals surface area contributed by atoms with Gasteiger partial charge in [-0.15, -0.1) is 0 Å².